The Morgan fingerprint density at radius 3 is 2.22 bits per heavy atom. The number of benzene rings is 2. The predicted molar refractivity (Wildman–Crippen MR) is 149 cm³/mol. The number of hydrogen-bond acceptors (Lipinski definition) is 6. The van der Waals surface area contributed by atoms with Gasteiger partial charge in [-0.3, -0.25) is 23.5 Å². The lowest BCUT2D eigenvalue weighted by molar-refractivity contribution is -0.117. The van der Waals surface area contributed by atoms with Crippen LogP contribution in [0.1, 0.15) is 67.7 Å². The molecule has 0 radical (unpaired) electrons. The molecule has 37 heavy (non-hydrogen) atoms. The first kappa shape index (κ1) is 31.8. The van der Waals surface area contributed by atoms with E-state index in [2.05, 4.69) is 26.1 Å². The van der Waals surface area contributed by atoms with Crippen molar-refractivity contribution in [1.82, 2.24) is 4.90 Å². The van der Waals surface area contributed by atoms with Crippen molar-refractivity contribution in [2.24, 2.45) is 5.92 Å². The third kappa shape index (κ3) is 9.64. The topological polar surface area (TPSA) is 102 Å². The second kappa shape index (κ2) is 15.1. The van der Waals surface area contributed by atoms with Crippen LogP contribution < -0.4 is 14.8 Å². The van der Waals surface area contributed by atoms with Gasteiger partial charge in [-0.1, -0.05) is 26.8 Å². The Morgan fingerprint density at radius 2 is 1.73 bits per heavy atom. The molecule has 8 nitrogen and oxygen atoms in total. The maximum atomic E-state index is 13.5. The molecular weight excluding hydrogens is 492 g/mol. The van der Waals surface area contributed by atoms with Gasteiger partial charge >= 0.3 is 0 Å². The average Bonchev–Trinajstić information content (AvgIpc) is 2.80. The van der Waals surface area contributed by atoms with Crippen molar-refractivity contribution in [2.75, 3.05) is 31.0 Å². The highest BCUT2D eigenvalue weighted by Gasteiger charge is 2.29. The molecule has 0 fully saturated rings. The minimum atomic E-state index is -1.31. The highest BCUT2D eigenvalue weighted by atomic mass is 32.2. The molecule has 204 valence electrons. The van der Waals surface area contributed by atoms with Gasteiger partial charge in [-0.05, 0) is 67.6 Å². The second-order valence-electron chi connectivity index (χ2n) is 9.32. The molecule has 2 aromatic rings. The minimum absolute atomic E-state index is 0.0474. The highest BCUT2D eigenvalue weighted by Crippen LogP contribution is 2.33. The molecule has 0 spiro atoms. The number of ether oxygens (including phenoxy) is 2. The summed E-state index contributed by atoms with van der Waals surface area (Å²) in [5.41, 5.74) is 2.64. The number of rotatable bonds is 10. The van der Waals surface area contributed by atoms with Crippen molar-refractivity contribution >= 4 is 34.7 Å². The Labute approximate surface area is 223 Å². The molecule has 0 saturated carbocycles. The predicted octanol–water partition coefficient (Wildman–Crippen LogP) is 5.05. The molecule has 3 amide bonds. The van der Waals surface area contributed by atoms with Crippen LogP contribution in [0, 0.1) is 19.8 Å². The first-order chi connectivity index (χ1) is 17.4. The Morgan fingerprint density at radius 1 is 1.11 bits per heavy atom. The van der Waals surface area contributed by atoms with Gasteiger partial charge in [0.15, 0.2) is 11.5 Å². The number of anilines is 1. The quantitative estimate of drug-likeness (QED) is 0.430. The SMILES string of the molecule is CC(C)C.CCOc1cc([C@@H](CS(C)=O)N(C=O)C(=O)c2cc(C)cc(NC(C)=O)c2C)ccc1OC. The molecule has 0 aliphatic carbocycles. The zero-order chi connectivity index (χ0) is 28.3. The lowest BCUT2D eigenvalue weighted by Crippen LogP contribution is -2.37. The number of carbonyl (C=O) groups excluding carboxylic acids is 3. The summed E-state index contributed by atoms with van der Waals surface area (Å²) in [6, 6.07) is 7.72. The number of nitrogens with one attached hydrogen (secondary N) is 1. The summed E-state index contributed by atoms with van der Waals surface area (Å²) < 4.78 is 23.1. The van der Waals surface area contributed by atoms with Crippen LogP contribution in [0.5, 0.6) is 11.5 Å². The van der Waals surface area contributed by atoms with Gasteiger partial charge in [-0.15, -0.1) is 0 Å². The molecule has 0 aromatic heterocycles. The van der Waals surface area contributed by atoms with Crippen LogP contribution in [-0.4, -0.2) is 53.1 Å². The van der Waals surface area contributed by atoms with E-state index in [1.165, 1.54) is 20.3 Å². The van der Waals surface area contributed by atoms with E-state index in [1.807, 2.05) is 6.92 Å². The van der Waals surface area contributed by atoms with Crippen molar-refractivity contribution in [3.63, 3.8) is 0 Å². The van der Waals surface area contributed by atoms with Gasteiger partial charge in [-0.2, -0.15) is 0 Å². The Hall–Kier alpha value is -3.20. The standard InChI is InChI=1S/C24H30N2O6S.C4H10/c1-7-32-23-12-18(8-9-22(23)31-5)21(13-33(6)30)26(14-27)24(29)19-10-15(2)11-20(16(19)3)25-17(4)28;1-4(2)3/h8-12,14,21H,7,13H2,1-6H3,(H,25,28);4H,1-3H3/t21-,33?;/m1./s1. The maximum absolute atomic E-state index is 13.5. The maximum Gasteiger partial charge on any atom is 0.261 e. The van der Waals surface area contributed by atoms with Gasteiger partial charge in [-0.25, -0.2) is 0 Å². The summed E-state index contributed by atoms with van der Waals surface area (Å²) in [5.74, 6) is 1.03. The molecule has 2 rings (SSSR count). The molecular formula is C28H40N2O6S. The molecule has 0 bridgehead atoms. The minimum Gasteiger partial charge on any atom is -0.493 e. The smallest absolute Gasteiger partial charge is 0.261 e. The Bertz CT molecular complexity index is 1110. The van der Waals surface area contributed by atoms with Gasteiger partial charge in [0, 0.05) is 41.0 Å². The van der Waals surface area contributed by atoms with Gasteiger partial charge in [0.25, 0.3) is 5.91 Å². The number of carbonyl (C=O) groups is 3. The molecule has 2 aromatic carbocycles. The van der Waals surface area contributed by atoms with E-state index in [1.54, 1.807) is 44.2 Å². The summed E-state index contributed by atoms with van der Waals surface area (Å²) in [7, 11) is 0.206. The van der Waals surface area contributed by atoms with Crippen LogP contribution in [0.2, 0.25) is 0 Å². The summed E-state index contributed by atoms with van der Waals surface area (Å²) in [6.45, 7) is 13.6. The molecule has 0 aliphatic rings. The lowest BCUT2D eigenvalue weighted by atomic mass is 10.00. The number of nitrogens with zero attached hydrogens (tertiary/aromatic N) is 1. The van der Waals surface area contributed by atoms with Crippen LogP contribution in [0.25, 0.3) is 0 Å². The molecule has 0 saturated heterocycles. The van der Waals surface area contributed by atoms with Crippen molar-refractivity contribution in [1.29, 1.82) is 0 Å². The van der Waals surface area contributed by atoms with Gasteiger partial charge in [0.05, 0.1) is 19.8 Å². The normalized spacial score (nSPS) is 12.1. The van der Waals surface area contributed by atoms with Crippen LogP contribution >= 0.6 is 0 Å². The molecule has 2 atom stereocenters. The molecule has 0 heterocycles. The lowest BCUT2D eigenvalue weighted by Gasteiger charge is -2.28. The van der Waals surface area contributed by atoms with Crippen LogP contribution in [0.3, 0.4) is 0 Å². The van der Waals surface area contributed by atoms with Crippen molar-refractivity contribution in [3.8, 4) is 11.5 Å². The van der Waals surface area contributed by atoms with E-state index in [9.17, 15) is 18.6 Å². The van der Waals surface area contributed by atoms with Gasteiger partial charge in [0.2, 0.25) is 12.3 Å². The zero-order valence-corrected chi connectivity index (χ0v) is 24.2. The first-order valence-corrected chi connectivity index (χ1v) is 13.9. The fourth-order valence-corrected chi connectivity index (χ4v) is 4.33. The molecule has 9 heteroatoms. The van der Waals surface area contributed by atoms with E-state index < -0.39 is 22.7 Å². The number of aryl methyl sites for hydroxylation is 1. The molecule has 1 unspecified atom stereocenters. The summed E-state index contributed by atoms with van der Waals surface area (Å²) in [5, 5.41) is 2.72. The first-order valence-electron chi connectivity index (χ1n) is 12.1. The van der Waals surface area contributed by atoms with Crippen LogP contribution in [-0.2, 0) is 20.4 Å². The fourth-order valence-electron chi connectivity index (χ4n) is 3.53. The molecule has 0 aliphatic heterocycles. The number of methoxy groups -OCH3 is 1. The monoisotopic (exact) mass is 532 g/mol. The van der Waals surface area contributed by atoms with E-state index in [4.69, 9.17) is 9.47 Å². The van der Waals surface area contributed by atoms with Crippen LogP contribution in [0.15, 0.2) is 30.3 Å². The van der Waals surface area contributed by atoms with Crippen molar-refractivity contribution in [3.05, 3.63) is 52.6 Å². The summed E-state index contributed by atoms with van der Waals surface area (Å²) in [4.78, 5) is 38.4. The van der Waals surface area contributed by atoms with Gasteiger partial charge < -0.3 is 14.8 Å². The largest absolute Gasteiger partial charge is 0.493 e. The average molecular weight is 533 g/mol. The molecule has 1 N–H and O–H groups in total. The third-order valence-electron chi connectivity index (χ3n) is 5.04. The number of amides is 3. The number of imide groups is 1. The van der Waals surface area contributed by atoms with E-state index >= 15 is 0 Å². The third-order valence-corrected chi connectivity index (χ3v) is 5.83. The van der Waals surface area contributed by atoms with E-state index in [0.29, 0.717) is 41.3 Å². The fraction of sp³-hybridized carbons (Fsp3) is 0.464. The highest BCUT2D eigenvalue weighted by molar-refractivity contribution is 7.84. The van der Waals surface area contributed by atoms with Crippen molar-refractivity contribution < 1.29 is 28.1 Å². The Kier molecular flexibility index (Phi) is 13.0. The zero-order valence-electron chi connectivity index (χ0n) is 23.3. The summed E-state index contributed by atoms with van der Waals surface area (Å²) in [6.07, 6.45) is 1.96. The van der Waals surface area contributed by atoms with Gasteiger partial charge in [0.1, 0.15) is 0 Å². The van der Waals surface area contributed by atoms with Crippen LogP contribution in [0.4, 0.5) is 5.69 Å². The van der Waals surface area contributed by atoms with Crippen molar-refractivity contribution in [2.45, 2.75) is 54.5 Å². The summed E-state index contributed by atoms with van der Waals surface area (Å²) >= 11 is 0. The van der Waals surface area contributed by atoms with E-state index in [-0.39, 0.29) is 17.2 Å². The van der Waals surface area contributed by atoms with E-state index in [0.717, 1.165) is 16.4 Å². The second-order valence-corrected chi connectivity index (χ2v) is 10.8. The number of hydrogen-bond donors (Lipinski definition) is 1. The Balaban J connectivity index is 0.00000159.